The van der Waals surface area contributed by atoms with Crippen LogP contribution < -0.4 is 5.43 Å². The number of nitrogens with one attached hydrogen (secondary N) is 1. The second-order valence-electron chi connectivity index (χ2n) is 4.79. The Kier molecular flexibility index (Phi) is 4.54. The molecule has 120 valence electrons. The van der Waals surface area contributed by atoms with Crippen molar-refractivity contribution in [1.29, 1.82) is 0 Å². The fourth-order valence-electron chi connectivity index (χ4n) is 2.06. The zero-order valence-corrected chi connectivity index (χ0v) is 13.7. The summed E-state index contributed by atoms with van der Waals surface area (Å²) in [7, 11) is 0. The zero-order chi connectivity index (χ0) is 17.1. The van der Waals surface area contributed by atoms with Gasteiger partial charge >= 0.3 is 0 Å². The highest BCUT2D eigenvalue weighted by Gasteiger charge is 2.16. The summed E-state index contributed by atoms with van der Waals surface area (Å²) in [5.74, 6) is -0.403. The smallest absolute Gasteiger partial charge is 0.266 e. The van der Waals surface area contributed by atoms with Gasteiger partial charge < -0.3 is 0 Å². The number of non-ortho nitro benzene ring substituents is 1. The zero-order valence-electron chi connectivity index (χ0n) is 12.1. The molecule has 3 rings (SSSR count). The van der Waals surface area contributed by atoms with Crippen LogP contribution in [0.15, 0.2) is 53.6 Å². The van der Waals surface area contributed by atoms with Crippen molar-refractivity contribution in [2.45, 2.75) is 0 Å². The molecule has 0 fully saturated rings. The highest BCUT2D eigenvalue weighted by Crippen LogP contribution is 2.34. The molecule has 0 radical (unpaired) electrons. The van der Waals surface area contributed by atoms with Crippen LogP contribution in [0.5, 0.6) is 0 Å². The van der Waals surface area contributed by atoms with Crippen LogP contribution in [0.4, 0.5) is 5.69 Å². The number of rotatable bonds is 4. The molecule has 1 N–H and O–H groups in total. The SMILES string of the molecule is O=C(N/N=C\c1ccc([N+](=O)[O-])cc1)c1sc2ccccc2c1Cl. The van der Waals surface area contributed by atoms with E-state index in [0.29, 0.717) is 15.5 Å². The third kappa shape index (κ3) is 3.27. The second kappa shape index (κ2) is 6.77. The molecule has 0 aliphatic carbocycles. The van der Waals surface area contributed by atoms with E-state index in [1.807, 2.05) is 24.3 Å². The van der Waals surface area contributed by atoms with Gasteiger partial charge in [-0.3, -0.25) is 14.9 Å². The first-order valence-corrected chi connectivity index (χ1v) is 8.00. The Balaban J connectivity index is 1.72. The molecule has 0 spiro atoms. The van der Waals surface area contributed by atoms with Gasteiger partial charge in [-0.05, 0) is 23.8 Å². The standard InChI is InChI=1S/C16H10ClN3O3S/c17-14-12-3-1-2-4-13(12)24-15(14)16(21)19-18-9-10-5-7-11(8-6-10)20(22)23/h1-9H,(H,19,21)/b18-9-. The summed E-state index contributed by atoms with van der Waals surface area (Å²) in [6.45, 7) is 0. The number of nitro groups is 1. The van der Waals surface area contributed by atoms with Gasteiger partial charge in [0.1, 0.15) is 4.88 Å². The van der Waals surface area contributed by atoms with E-state index in [4.69, 9.17) is 11.6 Å². The van der Waals surface area contributed by atoms with E-state index in [0.717, 1.165) is 10.1 Å². The van der Waals surface area contributed by atoms with E-state index in [2.05, 4.69) is 10.5 Å². The van der Waals surface area contributed by atoms with Gasteiger partial charge in [0.25, 0.3) is 11.6 Å². The number of halogens is 1. The largest absolute Gasteiger partial charge is 0.283 e. The van der Waals surface area contributed by atoms with Crippen LogP contribution in [0, 0.1) is 10.1 Å². The fourth-order valence-corrected chi connectivity index (χ4v) is 3.47. The van der Waals surface area contributed by atoms with E-state index in [9.17, 15) is 14.9 Å². The van der Waals surface area contributed by atoms with Gasteiger partial charge in [0.15, 0.2) is 0 Å². The van der Waals surface area contributed by atoms with Gasteiger partial charge in [0, 0.05) is 22.2 Å². The van der Waals surface area contributed by atoms with Crippen molar-refractivity contribution < 1.29 is 9.72 Å². The molecule has 0 atom stereocenters. The van der Waals surface area contributed by atoms with Gasteiger partial charge in [-0.1, -0.05) is 29.8 Å². The van der Waals surface area contributed by atoms with E-state index >= 15 is 0 Å². The molecule has 24 heavy (non-hydrogen) atoms. The summed E-state index contributed by atoms with van der Waals surface area (Å²) in [5, 5.41) is 15.7. The fraction of sp³-hybridized carbons (Fsp3) is 0. The van der Waals surface area contributed by atoms with Crippen molar-refractivity contribution in [1.82, 2.24) is 5.43 Å². The number of hydrogen-bond donors (Lipinski definition) is 1. The summed E-state index contributed by atoms with van der Waals surface area (Å²) in [6.07, 6.45) is 1.41. The number of nitro benzene ring substituents is 1. The first kappa shape index (κ1) is 16.1. The number of amides is 1. The third-order valence-corrected chi connectivity index (χ3v) is 4.90. The lowest BCUT2D eigenvalue weighted by molar-refractivity contribution is -0.384. The van der Waals surface area contributed by atoms with Crippen LogP contribution in [-0.4, -0.2) is 17.0 Å². The normalized spacial score (nSPS) is 11.0. The predicted octanol–water partition coefficient (Wildman–Crippen LogP) is 4.23. The van der Waals surface area contributed by atoms with E-state index in [1.165, 1.54) is 29.7 Å². The lowest BCUT2D eigenvalue weighted by Gasteiger charge is -1.97. The molecular weight excluding hydrogens is 350 g/mol. The summed E-state index contributed by atoms with van der Waals surface area (Å²) in [5.41, 5.74) is 3.03. The monoisotopic (exact) mass is 359 g/mol. The first-order chi connectivity index (χ1) is 11.6. The lowest BCUT2D eigenvalue weighted by Crippen LogP contribution is -2.16. The Bertz CT molecular complexity index is 951. The van der Waals surface area contributed by atoms with E-state index in [-0.39, 0.29) is 5.69 Å². The Morgan fingerprint density at radius 3 is 2.58 bits per heavy atom. The maximum Gasteiger partial charge on any atom is 0.283 e. The maximum absolute atomic E-state index is 12.2. The number of hydrazone groups is 1. The average Bonchev–Trinajstić information content (AvgIpc) is 2.93. The van der Waals surface area contributed by atoms with Crippen molar-refractivity contribution in [3.05, 3.63) is 74.1 Å². The van der Waals surface area contributed by atoms with Crippen molar-refractivity contribution in [2.75, 3.05) is 0 Å². The van der Waals surface area contributed by atoms with E-state index in [1.54, 1.807) is 12.1 Å². The highest BCUT2D eigenvalue weighted by molar-refractivity contribution is 7.21. The summed E-state index contributed by atoms with van der Waals surface area (Å²) < 4.78 is 0.923. The molecule has 1 amide bonds. The number of benzene rings is 2. The van der Waals surface area contributed by atoms with Gasteiger partial charge in [-0.25, -0.2) is 5.43 Å². The number of thiophene rings is 1. The Morgan fingerprint density at radius 2 is 1.92 bits per heavy atom. The molecule has 0 aliphatic heterocycles. The molecule has 0 aliphatic rings. The molecule has 0 bridgehead atoms. The highest BCUT2D eigenvalue weighted by atomic mass is 35.5. The molecular formula is C16H10ClN3O3S. The van der Waals surface area contributed by atoms with Crippen LogP contribution >= 0.6 is 22.9 Å². The van der Waals surface area contributed by atoms with Crippen molar-refractivity contribution in [3.8, 4) is 0 Å². The summed E-state index contributed by atoms with van der Waals surface area (Å²) in [6, 6.07) is 13.3. The Labute approximate surface area is 145 Å². The number of nitrogens with zero attached hydrogens (tertiary/aromatic N) is 2. The Hall–Kier alpha value is -2.77. The second-order valence-corrected chi connectivity index (χ2v) is 6.22. The number of carbonyl (C=O) groups excluding carboxylic acids is 1. The van der Waals surface area contributed by atoms with Crippen LogP contribution in [0.1, 0.15) is 15.2 Å². The molecule has 1 aromatic heterocycles. The number of hydrogen-bond acceptors (Lipinski definition) is 5. The molecule has 6 nitrogen and oxygen atoms in total. The first-order valence-electron chi connectivity index (χ1n) is 6.81. The predicted molar refractivity (Wildman–Crippen MR) is 95.0 cm³/mol. The Morgan fingerprint density at radius 1 is 1.21 bits per heavy atom. The topological polar surface area (TPSA) is 84.6 Å². The molecule has 2 aromatic carbocycles. The minimum Gasteiger partial charge on any atom is -0.266 e. The quantitative estimate of drug-likeness (QED) is 0.430. The number of fused-ring (bicyclic) bond motifs is 1. The van der Waals surface area contributed by atoms with Crippen LogP contribution in [0.25, 0.3) is 10.1 Å². The van der Waals surface area contributed by atoms with E-state index < -0.39 is 10.8 Å². The molecule has 0 saturated heterocycles. The number of carbonyl (C=O) groups is 1. The maximum atomic E-state index is 12.2. The molecule has 0 saturated carbocycles. The molecule has 0 unspecified atom stereocenters. The third-order valence-electron chi connectivity index (χ3n) is 3.22. The molecule has 8 heteroatoms. The van der Waals surface area contributed by atoms with Gasteiger partial charge in [-0.2, -0.15) is 5.10 Å². The van der Waals surface area contributed by atoms with Crippen molar-refractivity contribution in [3.63, 3.8) is 0 Å². The minimum atomic E-state index is -0.480. The van der Waals surface area contributed by atoms with Crippen LogP contribution in [0.2, 0.25) is 5.02 Å². The van der Waals surface area contributed by atoms with Gasteiger partial charge in [0.05, 0.1) is 16.2 Å². The van der Waals surface area contributed by atoms with Crippen LogP contribution in [-0.2, 0) is 0 Å². The minimum absolute atomic E-state index is 0.00626. The summed E-state index contributed by atoms with van der Waals surface area (Å²) in [4.78, 5) is 22.7. The lowest BCUT2D eigenvalue weighted by atomic mass is 10.2. The average molecular weight is 360 g/mol. The van der Waals surface area contributed by atoms with Gasteiger partial charge in [0.2, 0.25) is 0 Å². The van der Waals surface area contributed by atoms with Crippen LogP contribution in [0.3, 0.4) is 0 Å². The summed E-state index contributed by atoms with van der Waals surface area (Å²) >= 11 is 7.52. The van der Waals surface area contributed by atoms with Crippen molar-refractivity contribution >= 4 is 50.8 Å². The molecule has 1 heterocycles. The van der Waals surface area contributed by atoms with Gasteiger partial charge in [-0.15, -0.1) is 11.3 Å². The molecule has 3 aromatic rings. The van der Waals surface area contributed by atoms with Crippen molar-refractivity contribution in [2.24, 2.45) is 5.10 Å².